The number of aromatic amines is 1. The van der Waals surface area contributed by atoms with E-state index in [4.69, 9.17) is 0 Å². The summed E-state index contributed by atoms with van der Waals surface area (Å²) in [6.07, 6.45) is -2.63. The van der Waals surface area contributed by atoms with Crippen LogP contribution in [-0.2, 0) is 5.33 Å². The lowest BCUT2D eigenvalue weighted by Gasteiger charge is -2.05. The molecule has 1 aromatic heterocycles. The van der Waals surface area contributed by atoms with Gasteiger partial charge < -0.3 is 4.98 Å². The molecule has 1 rings (SSSR count). The third-order valence-corrected chi connectivity index (χ3v) is 2.30. The fraction of sp³-hybridized carbons (Fsp3) is 0.375. The average molecular weight is 252 g/mol. The van der Waals surface area contributed by atoms with Crippen LogP contribution >= 0.6 is 15.9 Å². The fourth-order valence-electron chi connectivity index (χ4n) is 1.02. The van der Waals surface area contributed by atoms with Crippen LogP contribution in [0.15, 0.2) is 10.9 Å². The van der Waals surface area contributed by atoms with Gasteiger partial charge in [-0.3, -0.25) is 4.79 Å². The monoisotopic (exact) mass is 251 g/mol. The van der Waals surface area contributed by atoms with Crippen LogP contribution in [0.2, 0.25) is 0 Å². The molecule has 0 bridgehead atoms. The van der Waals surface area contributed by atoms with Gasteiger partial charge in [-0.05, 0) is 6.92 Å². The van der Waals surface area contributed by atoms with Gasteiger partial charge in [0, 0.05) is 22.7 Å². The zero-order chi connectivity index (χ0) is 10.0. The summed E-state index contributed by atoms with van der Waals surface area (Å²) in [5.41, 5.74) is 0.291. The van der Waals surface area contributed by atoms with Gasteiger partial charge in [-0.15, -0.1) is 0 Å². The van der Waals surface area contributed by atoms with Crippen molar-refractivity contribution in [3.8, 4) is 0 Å². The quantitative estimate of drug-likeness (QED) is 0.806. The number of hydrogen-bond donors (Lipinski definition) is 1. The molecule has 0 atom stereocenters. The maximum atomic E-state index is 12.2. The van der Waals surface area contributed by atoms with E-state index < -0.39 is 6.43 Å². The lowest BCUT2D eigenvalue weighted by molar-refractivity contribution is 0.145. The maximum Gasteiger partial charge on any atom is 0.278 e. The van der Waals surface area contributed by atoms with Crippen molar-refractivity contribution in [3.05, 3.63) is 33.2 Å². The Labute approximate surface area is 82.1 Å². The Morgan fingerprint density at radius 2 is 2.23 bits per heavy atom. The number of nitrogens with one attached hydrogen (secondary N) is 1. The number of halogens is 3. The highest BCUT2D eigenvalue weighted by molar-refractivity contribution is 9.08. The van der Waals surface area contributed by atoms with E-state index >= 15 is 0 Å². The van der Waals surface area contributed by atoms with Crippen LogP contribution in [0.25, 0.3) is 0 Å². The van der Waals surface area contributed by atoms with E-state index in [9.17, 15) is 13.6 Å². The topological polar surface area (TPSA) is 32.9 Å². The second-order valence-corrected chi connectivity index (χ2v) is 3.19. The number of aryl methyl sites for hydroxylation is 1. The lowest BCUT2D eigenvalue weighted by atomic mass is 10.2. The van der Waals surface area contributed by atoms with Crippen molar-refractivity contribution in [2.45, 2.75) is 18.7 Å². The molecule has 72 valence electrons. The Balaban J connectivity index is 3.29. The van der Waals surface area contributed by atoms with Crippen LogP contribution in [-0.4, -0.2) is 4.98 Å². The molecule has 0 aliphatic carbocycles. The molecule has 0 radical (unpaired) electrons. The number of alkyl halides is 3. The average Bonchev–Trinajstić information content (AvgIpc) is 2.03. The van der Waals surface area contributed by atoms with E-state index in [1.165, 1.54) is 0 Å². The molecular weight excluding hydrogens is 244 g/mol. The number of aromatic nitrogens is 1. The zero-order valence-electron chi connectivity index (χ0n) is 6.90. The molecular formula is C8H8BrF2NO. The third-order valence-electron chi connectivity index (χ3n) is 1.74. The van der Waals surface area contributed by atoms with Crippen molar-refractivity contribution in [2.24, 2.45) is 0 Å². The van der Waals surface area contributed by atoms with E-state index in [1.54, 1.807) is 6.92 Å². The van der Waals surface area contributed by atoms with Gasteiger partial charge in [0.1, 0.15) is 0 Å². The molecule has 0 aromatic carbocycles. The van der Waals surface area contributed by atoms with Crippen molar-refractivity contribution in [3.63, 3.8) is 0 Å². The first kappa shape index (κ1) is 10.4. The predicted molar refractivity (Wildman–Crippen MR) is 49.4 cm³/mol. The molecule has 1 heterocycles. The molecule has 1 aromatic rings. The number of rotatable bonds is 2. The van der Waals surface area contributed by atoms with Crippen LogP contribution in [0.4, 0.5) is 8.78 Å². The van der Waals surface area contributed by atoms with Gasteiger partial charge in [0.25, 0.3) is 6.43 Å². The molecule has 0 fully saturated rings. The summed E-state index contributed by atoms with van der Waals surface area (Å²) in [5, 5.41) is 0.373. The van der Waals surface area contributed by atoms with Gasteiger partial charge in [-0.1, -0.05) is 15.9 Å². The van der Waals surface area contributed by atoms with Crippen molar-refractivity contribution in [1.29, 1.82) is 0 Å². The Bertz CT molecular complexity index is 362. The molecule has 0 saturated carbocycles. The van der Waals surface area contributed by atoms with Crippen LogP contribution in [0.5, 0.6) is 0 Å². The summed E-state index contributed by atoms with van der Waals surface area (Å²) in [6, 6.07) is 0.939. The molecule has 0 aliphatic heterocycles. The molecule has 0 amide bonds. The molecule has 0 aliphatic rings. The summed E-state index contributed by atoms with van der Waals surface area (Å²) in [5.74, 6) is 0. The fourth-order valence-corrected chi connectivity index (χ4v) is 1.72. The van der Waals surface area contributed by atoms with Gasteiger partial charge in [0.2, 0.25) is 0 Å². The molecule has 0 saturated heterocycles. The van der Waals surface area contributed by atoms with E-state index in [0.717, 1.165) is 6.07 Å². The molecule has 5 heteroatoms. The van der Waals surface area contributed by atoms with Crippen LogP contribution < -0.4 is 5.43 Å². The Morgan fingerprint density at radius 3 is 2.62 bits per heavy atom. The van der Waals surface area contributed by atoms with Crippen LogP contribution in [0, 0.1) is 6.92 Å². The minimum absolute atomic E-state index is 0.327. The second kappa shape index (κ2) is 4.00. The minimum Gasteiger partial charge on any atom is -0.357 e. The van der Waals surface area contributed by atoms with Gasteiger partial charge in [0.15, 0.2) is 5.43 Å². The molecule has 0 spiro atoms. The molecule has 13 heavy (non-hydrogen) atoms. The highest BCUT2D eigenvalue weighted by atomic mass is 79.9. The van der Waals surface area contributed by atoms with Crippen molar-refractivity contribution >= 4 is 15.9 Å². The lowest BCUT2D eigenvalue weighted by Crippen LogP contribution is -2.12. The molecule has 0 unspecified atom stereocenters. The summed E-state index contributed by atoms with van der Waals surface area (Å²) in [6.45, 7) is 1.60. The molecule has 1 N–H and O–H groups in total. The smallest absolute Gasteiger partial charge is 0.278 e. The predicted octanol–water partition coefficient (Wildman–Crippen LogP) is 2.52. The minimum atomic E-state index is -2.63. The van der Waals surface area contributed by atoms with Gasteiger partial charge in [0.05, 0.1) is 5.69 Å². The zero-order valence-corrected chi connectivity index (χ0v) is 8.49. The third kappa shape index (κ3) is 2.15. The maximum absolute atomic E-state index is 12.2. The first-order chi connectivity index (χ1) is 6.06. The molecule has 2 nitrogen and oxygen atoms in total. The van der Waals surface area contributed by atoms with E-state index in [-0.39, 0.29) is 11.1 Å². The van der Waals surface area contributed by atoms with E-state index in [2.05, 4.69) is 20.9 Å². The standard InChI is InChI=1S/C8H8BrF2NO/c1-4-5(3-9)7(13)2-6(12-4)8(10)11/h2,8H,3H2,1H3,(H,12,13). The summed E-state index contributed by atoms with van der Waals surface area (Å²) >= 11 is 3.11. The van der Waals surface area contributed by atoms with Crippen molar-refractivity contribution in [2.75, 3.05) is 0 Å². The summed E-state index contributed by atoms with van der Waals surface area (Å²) in [4.78, 5) is 13.7. The highest BCUT2D eigenvalue weighted by Gasteiger charge is 2.11. The largest absolute Gasteiger partial charge is 0.357 e. The SMILES string of the molecule is Cc1[nH]c(C(F)F)cc(=O)c1CBr. The van der Waals surface area contributed by atoms with Gasteiger partial charge in [-0.2, -0.15) is 0 Å². The first-order valence-corrected chi connectivity index (χ1v) is 4.75. The van der Waals surface area contributed by atoms with Crippen LogP contribution in [0.3, 0.4) is 0 Å². The van der Waals surface area contributed by atoms with Gasteiger partial charge >= 0.3 is 0 Å². The van der Waals surface area contributed by atoms with Crippen LogP contribution in [0.1, 0.15) is 23.4 Å². The summed E-state index contributed by atoms with van der Waals surface area (Å²) < 4.78 is 24.4. The second-order valence-electron chi connectivity index (χ2n) is 2.63. The summed E-state index contributed by atoms with van der Waals surface area (Å²) in [7, 11) is 0. The Hall–Kier alpha value is -0.710. The number of H-pyrrole nitrogens is 1. The highest BCUT2D eigenvalue weighted by Crippen LogP contribution is 2.16. The van der Waals surface area contributed by atoms with Crippen molar-refractivity contribution in [1.82, 2.24) is 4.98 Å². The first-order valence-electron chi connectivity index (χ1n) is 3.63. The Morgan fingerprint density at radius 1 is 1.62 bits per heavy atom. The Kier molecular flexibility index (Phi) is 3.19. The van der Waals surface area contributed by atoms with E-state index in [0.29, 0.717) is 16.6 Å². The van der Waals surface area contributed by atoms with Crippen molar-refractivity contribution < 1.29 is 8.78 Å². The number of pyridine rings is 1. The number of hydrogen-bond acceptors (Lipinski definition) is 1. The van der Waals surface area contributed by atoms with Gasteiger partial charge in [-0.25, -0.2) is 8.78 Å². The normalized spacial score (nSPS) is 10.8. The van der Waals surface area contributed by atoms with E-state index in [1.807, 2.05) is 0 Å².